The number of piperazine rings is 2. The molecule has 2 saturated heterocycles. The summed E-state index contributed by atoms with van der Waals surface area (Å²) in [6.45, 7) is 18.9. The SMILES string of the molecule is CC(C)(C)OC(=O)N1CCNCC1.C[Si](C)(C)C.O=C(Cl)OC(C(F)(F)F)C(F)(F)F.O=C(OC(C(F)(F)F)C(F)(F)F)N1CCN(Cc2ccc(Br)cc2Oc2ccccc2)CC1.O=Cc1ccc(Br)cc1F.Oc1ccccc1. The van der Waals surface area contributed by atoms with Crippen molar-refractivity contribution in [1.82, 2.24) is 20.0 Å². The van der Waals surface area contributed by atoms with Gasteiger partial charge in [0.25, 0.3) is 12.2 Å². The van der Waals surface area contributed by atoms with Crippen molar-refractivity contribution in [2.75, 3.05) is 52.4 Å². The van der Waals surface area contributed by atoms with Crippen molar-refractivity contribution in [3.8, 4) is 17.2 Å². The van der Waals surface area contributed by atoms with Crippen LogP contribution in [-0.4, -0.2) is 147 Å². The predicted molar refractivity (Wildman–Crippen MR) is 286 cm³/mol. The molecule has 81 heavy (non-hydrogen) atoms. The lowest BCUT2D eigenvalue weighted by molar-refractivity contribution is -0.308. The molecule has 2 heterocycles. The second-order valence-electron chi connectivity index (χ2n) is 19.4. The van der Waals surface area contributed by atoms with Crippen LogP contribution in [0.15, 0.2) is 106 Å². The van der Waals surface area contributed by atoms with Crippen LogP contribution in [0.2, 0.25) is 26.2 Å². The number of rotatable bonds is 7. The lowest BCUT2D eigenvalue weighted by Crippen LogP contribution is -2.52. The Hall–Kier alpha value is -5.36. The minimum absolute atomic E-state index is 0.0767. The minimum Gasteiger partial charge on any atom is -0.508 e. The number of aromatic hydroxyl groups is 1. The number of nitrogens with one attached hydrogen (secondary N) is 1. The summed E-state index contributed by atoms with van der Waals surface area (Å²) in [5, 5.41) is 11.8. The predicted octanol–water partition coefficient (Wildman–Crippen LogP) is 15.4. The van der Waals surface area contributed by atoms with Crippen molar-refractivity contribution < 1.29 is 100 Å². The fraction of sp³-hybridized carbons (Fsp3) is 0.451. The number of alkyl halides is 12. The first-order valence-electron chi connectivity index (χ1n) is 23.8. The van der Waals surface area contributed by atoms with Crippen molar-refractivity contribution in [3.63, 3.8) is 0 Å². The maximum Gasteiger partial charge on any atom is 0.434 e. The first-order valence-corrected chi connectivity index (χ1v) is 29.7. The lowest BCUT2D eigenvalue weighted by atomic mass is 10.1. The summed E-state index contributed by atoms with van der Waals surface area (Å²) in [6.07, 6.45) is -32.6. The number of carbonyl (C=O) groups is 4. The van der Waals surface area contributed by atoms with Gasteiger partial charge < -0.3 is 39.2 Å². The van der Waals surface area contributed by atoms with Crippen LogP contribution in [0, 0.1) is 5.82 Å². The van der Waals surface area contributed by atoms with Crippen LogP contribution in [0.25, 0.3) is 0 Å². The highest BCUT2D eigenvalue weighted by molar-refractivity contribution is 9.10. The van der Waals surface area contributed by atoms with Gasteiger partial charge in [0, 0.05) is 93.1 Å². The third kappa shape index (κ3) is 32.8. The number of hydrogen-bond acceptors (Lipinski definition) is 11. The topological polar surface area (TPSA) is 147 Å². The lowest BCUT2D eigenvalue weighted by Gasteiger charge is -2.35. The average molecular weight is 1340 g/mol. The number of para-hydroxylation sites is 2. The number of nitrogens with zero attached hydrogens (tertiary/aromatic N) is 3. The van der Waals surface area contributed by atoms with E-state index in [1.165, 1.54) is 12.1 Å². The smallest absolute Gasteiger partial charge is 0.434 e. The number of benzene rings is 4. The number of amides is 2. The summed E-state index contributed by atoms with van der Waals surface area (Å²) >= 11 is 10.7. The molecule has 0 aliphatic carbocycles. The highest BCUT2D eigenvalue weighted by atomic mass is 79.9. The molecule has 0 atom stereocenters. The van der Waals surface area contributed by atoms with Gasteiger partial charge in [-0.2, -0.15) is 52.7 Å². The Balaban J connectivity index is 0.000000561. The van der Waals surface area contributed by atoms with E-state index in [4.69, 9.17) is 14.6 Å². The second kappa shape index (κ2) is 33.7. The maximum atomic E-state index is 12.6. The molecule has 0 unspecified atom stereocenters. The molecule has 13 nitrogen and oxygen atoms in total. The van der Waals surface area contributed by atoms with Crippen LogP contribution in [0.1, 0.15) is 36.7 Å². The largest absolute Gasteiger partial charge is 0.508 e. The van der Waals surface area contributed by atoms with E-state index in [1.54, 1.807) is 53.4 Å². The number of phenolic OH excluding ortho intramolecular Hbond substituents is 1. The van der Waals surface area contributed by atoms with E-state index in [0.29, 0.717) is 34.6 Å². The Labute approximate surface area is 482 Å². The first kappa shape index (κ1) is 73.7. The Morgan fingerprint density at radius 3 is 1.48 bits per heavy atom. The fourth-order valence-electron chi connectivity index (χ4n) is 5.80. The van der Waals surface area contributed by atoms with E-state index in [9.17, 15) is 76.3 Å². The highest BCUT2D eigenvalue weighted by Gasteiger charge is 2.61. The maximum absolute atomic E-state index is 12.6. The van der Waals surface area contributed by atoms with E-state index >= 15 is 0 Å². The molecule has 454 valence electrons. The van der Waals surface area contributed by atoms with Crippen molar-refractivity contribution in [2.45, 2.75) is 96.0 Å². The number of hydrogen-bond donors (Lipinski definition) is 2. The normalized spacial score (nSPS) is 14.1. The summed E-state index contributed by atoms with van der Waals surface area (Å²) in [5.41, 5.74) is -1.64. The molecule has 0 radical (unpaired) electrons. The molecule has 6 rings (SSSR count). The molecule has 30 heteroatoms. The van der Waals surface area contributed by atoms with Gasteiger partial charge in [0.05, 0.1) is 5.56 Å². The van der Waals surface area contributed by atoms with Crippen LogP contribution in [0.4, 0.5) is 71.5 Å². The highest BCUT2D eigenvalue weighted by Crippen LogP contribution is 2.37. The van der Waals surface area contributed by atoms with Gasteiger partial charge in [-0.05, 0) is 75.4 Å². The number of carbonyl (C=O) groups excluding carboxylic acids is 4. The van der Waals surface area contributed by atoms with Crippen LogP contribution in [-0.2, 0) is 20.8 Å². The fourth-order valence-corrected chi connectivity index (χ4v) is 6.57. The molecule has 0 bridgehead atoms. The van der Waals surface area contributed by atoms with Gasteiger partial charge in [0.15, 0.2) is 6.29 Å². The van der Waals surface area contributed by atoms with Gasteiger partial charge in [-0.3, -0.25) is 9.69 Å². The quantitative estimate of drug-likeness (QED) is 0.0599. The molecular formula is C51H60Br2ClF13N4O9Si. The van der Waals surface area contributed by atoms with Crippen LogP contribution < -0.4 is 10.1 Å². The number of ether oxygens (including phenoxy) is 4. The molecule has 0 spiro atoms. The second-order valence-corrected chi connectivity index (χ2v) is 27.6. The molecule has 2 aliphatic heterocycles. The first-order chi connectivity index (χ1) is 37.1. The van der Waals surface area contributed by atoms with Gasteiger partial charge in [0.1, 0.15) is 28.7 Å². The summed E-state index contributed by atoms with van der Waals surface area (Å²) < 4.78 is 177. The van der Waals surface area contributed by atoms with E-state index < -0.39 is 62.3 Å². The Morgan fingerprint density at radius 2 is 1.09 bits per heavy atom. The van der Waals surface area contributed by atoms with Crippen LogP contribution >= 0.6 is 43.5 Å². The summed E-state index contributed by atoms with van der Waals surface area (Å²) in [6, 6.07) is 27.6. The molecule has 4 aromatic rings. The number of halogens is 16. The summed E-state index contributed by atoms with van der Waals surface area (Å²) in [5.74, 6) is 1.05. The van der Waals surface area contributed by atoms with E-state index in [1.807, 2.05) is 62.1 Å². The Kier molecular flexibility index (Phi) is 30.6. The van der Waals surface area contributed by atoms with E-state index in [-0.39, 0.29) is 43.4 Å². The zero-order chi connectivity index (χ0) is 62.2. The van der Waals surface area contributed by atoms with Gasteiger partial charge in [0.2, 0.25) is 0 Å². The van der Waals surface area contributed by atoms with Crippen molar-refractivity contribution in [3.05, 3.63) is 123 Å². The van der Waals surface area contributed by atoms with Crippen molar-refractivity contribution in [2.24, 2.45) is 0 Å². The zero-order valence-corrected chi connectivity index (χ0v) is 49.4. The average Bonchev–Trinajstić information content (AvgIpc) is 3.33. The molecule has 2 aliphatic rings. The molecule has 2 amide bonds. The van der Waals surface area contributed by atoms with Gasteiger partial charge >= 0.3 is 42.3 Å². The van der Waals surface area contributed by atoms with Crippen molar-refractivity contribution in [1.29, 1.82) is 0 Å². The monoisotopic (exact) mass is 1340 g/mol. The standard InChI is InChI=1S/C21H19BrF6N2O3.C9H18N2O2.C7H4BrFO.C6H6O.C4HClF6O2.C4H12Si/c22-15-7-6-14(17(12-15)32-16-4-2-1-3-5-16)13-29-8-10-30(11-9-29)19(31)33-18(20(23,24)25)21(26,27)28;1-9(2,3)13-8(12)11-6-4-10-5-7-11;8-6-2-1-5(4-10)7(9)3-6;7-6-4-2-1-3-5-6;5-2(12)13-1(3(6,7)8)4(9,10)11;1-5(2,3)4/h1-7,12,18H,8-11,13H2;10H,4-7H2,1-3H3;1-4H;1-5,7H;1H;1-4H3. The number of phenols is 1. The van der Waals surface area contributed by atoms with Crippen LogP contribution in [0.5, 0.6) is 17.2 Å². The summed E-state index contributed by atoms with van der Waals surface area (Å²) in [4.78, 5) is 47.7. The third-order valence-electron chi connectivity index (χ3n) is 9.26. The van der Waals surface area contributed by atoms with Gasteiger partial charge in [-0.15, -0.1) is 0 Å². The molecule has 0 saturated carbocycles. The molecule has 2 N–H and O–H groups in total. The molecule has 4 aromatic carbocycles. The molecule has 2 fully saturated rings. The van der Waals surface area contributed by atoms with Gasteiger partial charge in [-0.25, -0.2) is 18.8 Å². The molecule has 0 aromatic heterocycles. The minimum atomic E-state index is -5.74. The zero-order valence-electron chi connectivity index (χ0n) is 44.4. The third-order valence-corrected chi connectivity index (χ3v) is 10.3. The molecular weight excluding hydrogens is 1280 g/mol. The van der Waals surface area contributed by atoms with Crippen LogP contribution in [0.3, 0.4) is 0 Å². The van der Waals surface area contributed by atoms with E-state index in [2.05, 4.69) is 84.4 Å². The van der Waals surface area contributed by atoms with Gasteiger partial charge in [-0.1, -0.05) is 101 Å². The summed E-state index contributed by atoms with van der Waals surface area (Å²) in [7, 11) is -0.611. The Morgan fingerprint density at radius 1 is 0.654 bits per heavy atom. The van der Waals surface area contributed by atoms with Crippen molar-refractivity contribution >= 4 is 75.4 Å². The number of aldehydes is 1. The Bertz CT molecular complexity index is 2500. The van der Waals surface area contributed by atoms with E-state index in [0.717, 1.165) is 41.1 Å².